The highest BCUT2D eigenvalue weighted by atomic mass is 16.2. The Labute approximate surface area is 186 Å². The summed E-state index contributed by atoms with van der Waals surface area (Å²) < 4.78 is 0. The van der Waals surface area contributed by atoms with Gasteiger partial charge in [0.25, 0.3) is 17.7 Å². The van der Waals surface area contributed by atoms with Gasteiger partial charge in [-0.05, 0) is 41.5 Å². The van der Waals surface area contributed by atoms with Crippen LogP contribution in [-0.4, -0.2) is 47.7 Å². The molecule has 0 N–H and O–H groups in total. The first kappa shape index (κ1) is 20.0. The lowest BCUT2D eigenvalue weighted by Gasteiger charge is -2.21. The van der Waals surface area contributed by atoms with Gasteiger partial charge in [0, 0.05) is 37.9 Å². The molecule has 3 amide bonds. The summed E-state index contributed by atoms with van der Waals surface area (Å²) >= 11 is 0. The van der Waals surface area contributed by atoms with Crippen LogP contribution in [0.4, 0.5) is 5.69 Å². The third-order valence-corrected chi connectivity index (χ3v) is 6.18. The first-order chi connectivity index (χ1) is 15.5. The minimum atomic E-state index is -0.280. The highest BCUT2D eigenvalue weighted by Gasteiger charge is 2.35. The van der Waals surface area contributed by atoms with Gasteiger partial charge in [0.05, 0.1) is 17.7 Å². The number of nitrogens with zero attached hydrogens (tertiary/aromatic N) is 3. The Balaban J connectivity index is 1.31. The molecule has 6 nitrogen and oxygen atoms in total. The molecule has 0 aromatic heterocycles. The molecule has 6 heteroatoms. The Morgan fingerprint density at radius 3 is 2.12 bits per heavy atom. The summed E-state index contributed by atoms with van der Waals surface area (Å²) in [6.07, 6.45) is 0. The van der Waals surface area contributed by atoms with Gasteiger partial charge in [0.15, 0.2) is 0 Å². The van der Waals surface area contributed by atoms with Crippen molar-refractivity contribution in [3.8, 4) is 0 Å². The molecule has 3 aromatic carbocycles. The highest BCUT2D eigenvalue weighted by molar-refractivity contribution is 6.21. The molecule has 0 unspecified atom stereocenters. The minimum absolute atomic E-state index is 0.0256. The number of amides is 3. The SMILES string of the molecule is CN1CCN(C(=O)c2ccc(CN3C(=O)c4ccccc4C3=O)cc2)Cc2ccccc21. The number of para-hydroxylation sites is 1. The maximum Gasteiger partial charge on any atom is 0.261 e. The molecule has 0 fully saturated rings. The lowest BCUT2D eigenvalue weighted by Crippen LogP contribution is -2.34. The van der Waals surface area contributed by atoms with Gasteiger partial charge in [-0.3, -0.25) is 19.3 Å². The topological polar surface area (TPSA) is 60.9 Å². The summed E-state index contributed by atoms with van der Waals surface area (Å²) in [4.78, 5) is 43.6. The number of carbonyl (C=O) groups excluding carboxylic acids is 3. The molecule has 0 radical (unpaired) electrons. The van der Waals surface area contributed by atoms with E-state index in [2.05, 4.69) is 17.0 Å². The molecule has 3 aromatic rings. The van der Waals surface area contributed by atoms with Gasteiger partial charge in [-0.1, -0.05) is 42.5 Å². The second-order valence-corrected chi connectivity index (χ2v) is 8.22. The summed E-state index contributed by atoms with van der Waals surface area (Å²) in [5.74, 6) is -0.585. The summed E-state index contributed by atoms with van der Waals surface area (Å²) in [5.41, 5.74) is 4.56. The van der Waals surface area contributed by atoms with Gasteiger partial charge in [-0.25, -0.2) is 0 Å². The van der Waals surface area contributed by atoms with E-state index in [0.717, 1.165) is 23.4 Å². The molecule has 160 valence electrons. The smallest absolute Gasteiger partial charge is 0.261 e. The maximum absolute atomic E-state index is 13.2. The van der Waals surface area contributed by atoms with E-state index in [1.54, 1.807) is 36.4 Å². The lowest BCUT2D eigenvalue weighted by molar-refractivity contribution is 0.0641. The Kier molecular flexibility index (Phi) is 4.98. The molecular formula is C26H23N3O3. The van der Waals surface area contributed by atoms with Gasteiger partial charge in [0.2, 0.25) is 0 Å². The summed E-state index contributed by atoms with van der Waals surface area (Å²) in [6.45, 7) is 2.15. The molecule has 2 aliphatic heterocycles. The van der Waals surface area contributed by atoms with E-state index < -0.39 is 0 Å². The molecule has 0 aliphatic carbocycles. The number of hydrogen-bond donors (Lipinski definition) is 0. The molecule has 0 bridgehead atoms. The van der Waals surface area contributed by atoms with E-state index in [0.29, 0.717) is 29.8 Å². The zero-order valence-corrected chi connectivity index (χ0v) is 17.8. The lowest BCUT2D eigenvalue weighted by atomic mass is 10.1. The fourth-order valence-corrected chi connectivity index (χ4v) is 4.37. The van der Waals surface area contributed by atoms with Crippen LogP contribution < -0.4 is 4.90 Å². The molecule has 0 atom stereocenters. The van der Waals surface area contributed by atoms with E-state index in [1.165, 1.54) is 4.90 Å². The Hall–Kier alpha value is -3.93. The molecule has 2 heterocycles. The first-order valence-electron chi connectivity index (χ1n) is 10.7. The zero-order valence-electron chi connectivity index (χ0n) is 17.8. The zero-order chi connectivity index (χ0) is 22.2. The van der Waals surface area contributed by atoms with Crippen LogP contribution in [0.2, 0.25) is 0 Å². The molecule has 2 aliphatic rings. The number of anilines is 1. The van der Waals surface area contributed by atoms with E-state index >= 15 is 0 Å². The van der Waals surface area contributed by atoms with Gasteiger partial charge < -0.3 is 9.80 Å². The van der Waals surface area contributed by atoms with Crippen molar-refractivity contribution in [2.75, 3.05) is 25.0 Å². The van der Waals surface area contributed by atoms with Crippen molar-refractivity contribution in [1.29, 1.82) is 0 Å². The molecular weight excluding hydrogens is 402 g/mol. The Morgan fingerprint density at radius 1 is 0.812 bits per heavy atom. The van der Waals surface area contributed by atoms with Crippen molar-refractivity contribution >= 4 is 23.4 Å². The summed E-state index contributed by atoms with van der Waals surface area (Å²) in [6, 6.07) is 22.2. The number of imide groups is 1. The number of fused-ring (bicyclic) bond motifs is 2. The Morgan fingerprint density at radius 2 is 1.44 bits per heavy atom. The van der Waals surface area contributed by atoms with Crippen molar-refractivity contribution in [2.24, 2.45) is 0 Å². The monoisotopic (exact) mass is 425 g/mol. The number of hydrogen-bond acceptors (Lipinski definition) is 4. The summed E-state index contributed by atoms with van der Waals surface area (Å²) in [7, 11) is 2.04. The average molecular weight is 425 g/mol. The van der Waals surface area contributed by atoms with Crippen LogP contribution in [-0.2, 0) is 13.1 Å². The van der Waals surface area contributed by atoms with Crippen molar-refractivity contribution in [3.63, 3.8) is 0 Å². The van der Waals surface area contributed by atoms with Crippen LogP contribution >= 0.6 is 0 Å². The van der Waals surface area contributed by atoms with Crippen molar-refractivity contribution in [3.05, 3.63) is 101 Å². The molecule has 32 heavy (non-hydrogen) atoms. The number of carbonyl (C=O) groups is 3. The quantitative estimate of drug-likeness (QED) is 0.602. The second kappa shape index (κ2) is 7.96. The van der Waals surface area contributed by atoms with Crippen LogP contribution in [0.1, 0.15) is 42.2 Å². The average Bonchev–Trinajstić information content (AvgIpc) is 2.96. The van der Waals surface area contributed by atoms with Crippen molar-refractivity contribution < 1.29 is 14.4 Å². The van der Waals surface area contributed by atoms with Crippen LogP contribution in [0, 0.1) is 0 Å². The largest absolute Gasteiger partial charge is 0.373 e. The second-order valence-electron chi connectivity index (χ2n) is 8.22. The minimum Gasteiger partial charge on any atom is -0.373 e. The summed E-state index contributed by atoms with van der Waals surface area (Å²) in [5, 5.41) is 0. The molecule has 0 spiro atoms. The third kappa shape index (κ3) is 3.43. The van der Waals surface area contributed by atoms with E-state index in [4.69, 9.17) is 0 Å². The number of rotatable bonds is 3. The normalized spacial score (nSPS) is 15.5. The first-order valence-corrected chi connectivity index (χ1v) is 10.7. The van der Waals surface area contributed by atoms with Crippen LogP contribution in [0.5, 0.6) is 0 Å². The fourth-order valence-electron chi connectivity index (χ4n) is 4.37. The van der Waals surface area contributed by atoms with Crippen LogP contribution in [0.15, 0.2) is 72.8 Å². The predicted octanol–water partition coefficient (Wildman–Crippen LogP) is 3.58. The number of likely N-dealkylation sites (N-methyl/N-ethyl adjacent to an activating group) is 1. The molecule has 0 saturated heterocycles. The predicted molar refractivity (Wildman–Crippen MR) is 122 cm³/mol. The standard InChI is InChI=1S/C26H23N3O3/c1-27-14-15-28(17-20-6-2-5-9-23(20)27)24(30)19-12-10-18(11-13-19)16-29-25(31)21-7-3-4-8-22(21)26(29)32/h2-13H,14-17H2,1H3. The third-order valence-electron chi connectivity index (χ3n) is 6.18. The van der Waals surface area contributed by atoms with Crippen LogP contribution in [0.25, 0.3) is 0 Å². The molecule has 0 saturated carbocycles. The highest BCUT2D eigenvalue weighted by Crippen LogP contribution is 2.26. The maximum atomic E-state index is 13.2. The Bertz CT molecular complexity index is 1180. The van der Waals surface area contributed by atoms with Crippen molar-refractivity contribution in [1.82, 2.24) is 9.80 Å². The van der Waals surface area contributed by atoms with Gasteiger partial charge in [0.1, 0.15) is 0 Å². The number of benzene rings is 3. The van der Waals surface area contributed by atoms with E-state index in [-0.39, 0.29) is 24.3 Å². The van der Waals surface area contributed by atoms with Gasteiger partial charge >= 0.3 is 0 Å². The van der Waals surface area contributed by atoms with E-state index in [1.807, 2.05) is 36.2 Å². The van der Waals surface area contributed by atoms with Crippen LogP contribution in [0.3, 0.4) is 0 Å². The molecule has 5 rings (SSSR count). The van der Waals surface area contributed by atoms with E-state index in [9.17, 15) is 14.4 Å². The van der Waals surface area contributed by atoms with Gasteiger partial charge in [-0.2, -0.15) is 0 Å². The van der Waals surface area contributed by atoms with Crippen molar-refractivity contribution in [2.45, 2.75) is 13.1 Å². The van der Waals surface area contributed by atoms with Gasteiger partial charge in [-0.15, -0.1) is 0 Å². The fraction of sp³-hybridized carbons (Fsp3) is 0.192.